The van der Waals surface area contributed by atoms with Crippen LogP contribution in [0.5, 0.6) is 0 Å². The number of hydrogen-bond donors (Lipinski definition) is 1. The normalized spacial score (nSPS) is 25.6. The molecule has 2 N–H and O–H groups in total. The minimum atomic E-state index is 0.150. The molecular formula is C15H22BrClN2. The molecule has 2 rings (SSSR count). The number of benzene rings is 1. The van der Waals surface area contributed by atoms with Crippen LogP contribution in [-0.2, 0) is 0 Å². The number of hydrogen-bond acceptors (Lipinski definition) is 2. The molecule has 0 bridgehead atoms. The molecule has 1 heterocycles. The molecule has 2 unspecified atom stereocenters. The molecule has 106 valence electrons. The second-order valence-corrected chi connectivity index (χ2v) is 6.92. The molecule has 1 aromatic carbocycles. The van der Waals surface area contributed by atoms with E-state index in [-0.39, 0.29) is 12.1 Å². The summed E-state index contributed by atoms with van der Waals surface area (Å²) in [6, 6.07) is 6.90. The Labute approximate surface area is 129 Å². The summed E-state index contributed by atoms with van der Waals surface area (Å²) in [7, 11) is 0. The third-order valence-corrected chi connectivity index (χ3v) is 4.74. The Morgan fingerprint density at radius 1 is 1.37 bits per heavy atom. The number of halogens is 2. The zero-order valence-corrected chi connectivity index (χ0v) is 13.9. The van der Waals surface area contributed by atoms with E-state index in [9.17, 15) is 0 Å². The van der Waals surface area contributed by atoms with Gasteiger partial charge in [0, 0.05) is 21.6 Å². The third kappa shape index (κ3) is 3.52. The highest BCUT2D eigenvalue weighted by Gasteiger charge is 2.31. The molecule has 0 spiro atoms. The molecule has 1 aromatic rings. The van der Waals surface area contributed by atoms with Crippen molar-refractivity contribution in [2.45, 2.75) is 51.2 Å². The summed E-state index contributed by atoms with van der Waals surface area (Å²) < 4.78 is 1.06. The maximum Gasteiger partial charge on any atom is 0.0516 e. The van der Waals surface area contributed by atoms with E-state index in [0.717, 1.165) is 28.0 Å². The van der Waals surface area contributed by atoms with E-state index >= 15 is 0 Å². The minimum Gasteiger partial charge on any atom is -0.326 e. The molecule has 0 radical (unpaired) electrons. The summed E-state index contributed by atoms with van der Waals surface area (Å²) in [5, 5.41) is 0.816. The van der Waals surface area contributed by atoms with Gasteiger partial charge in [-0.1, -0.05) is 34.0 Å². The van der Waals surface area contributed by atoms with Gasteiger partial charge in [-0.25, -0.2) is 0 Å². The van der Waals surface area contributed by atoms with E-state index in [2.05, 4.69) is 40.7 Å². The highest BCUT2D eigenvalue weighted by Crippen LogP contribution is 2.36. The van der Waals surface area contributed by atoms with Crippen LogP contribution in [0.25, 0.3) is 0 Å². The smallest absolute Gasteiger partial charge is 0.0516 e. The van der Waals surface area contributed by atoms with Crippen LogP contribution >= 0.6 is 27.5 Å². The fraction of sp³-hybridized carbons (Fsp3) is 0.600. The van der Waals surface area contributed by atoms with Crippen LogP contribution in [0.4, 0.5) is 0 Å². The molecule has 0 aliphatic carbocycles. The molecule has 2 atom stereocenters. The quantitative estimate of drug-likeness (QED) is 0.862. The van der Waals surface area contributed by atoms with E-state index in [1.165, 1.54) is 12.8 Å². The predicted octanol–water partition coefficient (Wildman–Crippen LogP) is 4.37. The standard InChI is InChI=1S/C15H22BrClN2/c1-10(2)19-8-4-3-5-14(18)15(19)12-9-11(16)6-7-13(12)17/h6-7,9-10,14-15H,3-5,8,18H2,1-2H3. The van der Waals surface area contributed by atoms with Gasteiger partial charge in [0.25, 0.3) is 0 Å². The molecule has 1 fully saturated rings. The first-order valence-corrected chi connectivity index (χ1v) is 8.14. The first kappa shape index (κ1) is 15.3. The zero-order valence-electron chi connectivity index (χ0n) is 11.6. The van der Waals surface area contributed by atoms with E-state index in [1.807, 2.05) is 12.1 Å². The van der Waals surface area contributed by atoms with Crippen molar-refractivity contribution in [2.24, 2.45) is 5.73 Å². The van der Waals surface area contributed by atoms with Crippen molar-refractivity contribution in [2.75, 3.05) is 6.54 Å². The fourth-order valence-electron chi connectivity index (χ4n) is 2.95. The SMILES string of the molecule is CC(C)N1CCCCC(N)C1c1cc(Br)ccc1Cl. The average molecular weight is 346 g/mol. The second-order valence-electron chi connectivity index (χ2n) is 5.60. The Morgan fingerprint density at radius 3 is 2.79 bits per heavy atom. The topological polar surface area (TPSA) is 29.3 Å². The van der Waals surface area contributed by atoms with Crippen LogP contribution in [0, 0.1) is 0 Å². The number of nitrogens with two attached hydrogens (primary N) is 1. The highest BCUT2D eigenvalue weighted by molar-refractivity contribution is 9.10. The maximum atomic E-state index is 6.44. The maximum absolute atomic E-state index is 6.44. The van der Waals surface area contributed by atoms with Crippen LogP contribution in [0.2, 0.25) is 5.02 Å². The van der Waals surface area contributed by atoms with E-state index in [0.29, 0.717) is 6.04 Å². The van der Waals surface area contributed by atoms with Crippen molar-refractivity contribution < 1.29 is 0 Å². The molecule has 1 saturated heterocycles. The van der Waals surface area contributed by atoms with E-state index in [4.69, 9.17) is 17.3 Å². The predicted molar refractivity (Wildman–Crippen MR) is 85.6 cm³/mol. The van der Waals surface area contributed by atoms with Crippen molar-refractivity contribution in [3.8, 4) is 0 Å². The van der Waals surface area contributed by atoms with Crippen molar-refractivity contribution >= 4 is 27.5 Å². The molecular weight excluding hydrogens is 324 g/mol. The van der Waals surface area contributed by atoms with Crippen LogP contribution in [0.15, 0.2) is 22.7 Å². The minimum absolute atomic E-state index is 0.150. The Morgan fingerprint density at radius 2 is 2.11 bits per heavy atom. The summed E-state index contributed by atoms with van der Waals surface area (Å²) >= 11 is 9.96. The molecule has 0 amide bonds. The van der Waals surface area contributed by atoms with Crippen LogP contribution < -0.4 is 5.73 Å². The van der Waals surface area contributed by atoms with Crippen molar-refractivity contribution in [3.05, 3.63) is 33.3 Å². The second kappa shape index (κ2) is 6.57. The van der Waals surface area contributed by atoms with Gasteiger partial charge in [-0.3, -0.25) is 4.90 Å². The summed E-state index contributed by atoms with van der Waals surface area (Å²) in [5.41, 5.74) is 7.59. The van der Waals surface area contributed by atoms with Crippen LogP contribution in [0.1, 0.15) is 44.7 Å². The first-order chi connectivity index (χ1) is 9.00. The van der Waals surface area contributed by atoms with Crippen molar-refractivity contribution in [1.82, 2.24) is 4.90 Å². The summed E-state index contributed by atoms with van der Waals surface area (Å²) in [5.74, 6) is 0. The summed E-state index contributed by atoms with van der Waals surface area (Å²) in [6.07, 6.45) is 3.48. The Kier molecular flexibility index (Phi) is 5.29. The molecule has 1 aliphatic rings. The Balaban J connectivity index is 2.43. The van der Waals surface area contributed by atoms with Gasteiger partial charge in [0.2, 0.25) is 0 Å². The molecule has 4 heteroatoms. The molecule has 2 nitrogen and oxygen atoms in total. The van der Waals surface area contributed by atoms with Crippen molar-refractivity contribution in [1.29, 1.82) is 0 Å². The lowest BCUT2D eigenvalue weighted by Crippen LogP contribution is -2.43. The average Bonchev–Trinajstić information content (AvgIpc) is 2.54. The van der Waals surface area contributed by atoms with Gasteiger partial charge < -0.3 is 5.73 Å². The zero-order chi connectivity index (χ0) is 14.0. The number of likely N-dealkylation sites (tertiary alicyclic amines) is 1. The van der Waals surface area contributed by atoms with Gasteiger partial charge in [-0.05, 0) is 57.0 Å². The van der Waals surface area contributed by atoms with Gasteiger partial charge in [0.1, 0.15) is 0 Å². The van der Waals surface area contributed by atoms with Gasteiger partial charge in [0.05, 0.1) is 6.04 Å². The van der Waals surface area contributed by atoms with Gasteiger partial charge in [-0.2, -0.15) is 0 Å². The Hall–Kier alpha value is -0.0900. The van der Waals surface area contributed by atoms with Crippen LogP contribution in [-0.4, -0.2) is 23.5 Å². The largest absolute Gasteiger partial charge is 0.326 e. The fourth-order valence-corrected chi connectivity index (χ4v) is 3.56. The highest BCUT2D eigenvalue weighted by atomic mass is 79.9. The number of rotatable bonds is 2. The summed E-state index contributed by atoms with van der Waals surface area (Å²) in [6.45, 7) is 5.56. The third-order valence-electron chi connectivity index (χ3n) is 3.91. The molecule has 0 saturated carbocycles. The lowest BCUT2D eigenvalue weighted by Gasteiger charge is -2.37. The van der Waals surface area contributed by atoms with Crippen molar-refractivity contribution in [3.63, 3.8) is 0 Å². The lowest BCUT2D eigenvalue weighted by atomic mass is 9.95. The molecule has 1 aliphatic heterocycles. The van der Waals surface area contributed by atoms with E-state index < -0.39 is 0 Å². The summed E-state index contributed by atoms with van der Waals surface area (Å²) in [4.78, 5) is 2.49. The first-order valence-electron chi connectivity index (χ1n) is 6.97. The monoisotopic (exact) mass is 344 g/mol. The van der Waals surface area contributed by atoms with Gasteiger partial charge in [-0.15, -0.1) is 0 Å². The van der Waals surface area contributed by atoms with Gasteiger partial charge >= 0.3 is 0 Å². The molecule has 0 aromatic heterocycles. The van der Waals surface area contributed by atoms with Crippen LogP contribution in [0.3, 0.4) is 0 Å². The van der Waals surface area contributed by atoms with E-state index in [1.54, 1.807) is 0 Å². The van der Waals surface area contributed by atoms with Gasteiger partial charge in [0.15, 0.2) is 0 Å². The lowest BCUT2D eigenvalue weighted by molar-refractivity contribution is 0.144. The number of nitrogens with zero attached hydrogens (tertiary/aromatic N) is 1. The Bertz CT molecular complexity index is 436. The molecule has 19 heavy (non-hydrogen) atoms.